The first kappa shape index (κ1) is 15.2. The third-order valence-electron chi connectivity index (χ3n) is 2.76. The highest BCUT2D eigenvalue weighted by atomic mass is 79.9. The minimum Gasteiger partial charge on any atom is -0.468 e. The summed E-state index contributed by atoms with van der Waals surface area (Å²) in [6, 6.07) is 8.39. The molecule has 0 amide bonds. The second-order valence-electron chi connectivity index (χ2n) is 4.99. The molecule has 1 unspecified atom stereocenters. The highest BCUT2D eigenvalue weighted by Gasteiger charge is 2.29. The van der Waals surface area contributed by atoms with Crippen LogP contribution in [0.3, 0.4) is 0 Å². The van der Waals surface area contributed by atoms with Crippen molar-refractivity contribution in [1.29, 1.82) is 0 Å². The lowest BCUT2D eigenvalue weighted by atomic mass is 10.0. The molecular formula is C14H20BrNO2. The van der Waals surface area contributed by atoms with Gasteiger partial charge in [-0.1, -0.05) is 28.1 Å². The minimum atomic E-state index is -0.663. The van der Waals surface area contributed by atoms with E-state index in [0.717, 1.165) is 10.9 Å². The average Bonchev–Trinajstić information content (AvgIpc) is 2.30. The monoisotopic (exact) mass is 313 g/mol. The molecule has 1 N–H and O–H groups in total. The van der Waals surface area contributed by atoms with Gasteiger partial charge >= 0.3 is 5.97 Å². The zero-order chi connectivity index (χ0) is 13.8. The highest BCUT2D eigenvalue weighted by Crippen LogP contribution is 2.13. The zero-order valence-corrected chi connectivity index (χ0v) is 12.9. The van der Waals surface area contributed by atoms with E-state index in [9.17, 15) is 4.79 Å². The van der Waals surface area contributed by atoms with Crippen LogP contribution in [-0.2, 0) is 16.0 Å². The molecule has 0 saturated heterocycles. The first-order valence-corrected chi connectivity index (χ1v) is 6.75. The van der Waals surface area contributed by atoms with Crippen LogP contribution in [-0.4, -0.2) is 24.7 Å². The van der Waals surface area contributed by atoms with Crippen LogP contribution < -0.4 is 5.32 Å². The van der Waals surface area contributed by atoms with Gasteiger partial charge in [0.2, 0.25) is 0 Å². The summed E-state index contributed by atoms with van der Waals surface area (Å²) in [4.78, 5) is 11.6. The Labute approximate surface area is 117 Å². The van der Waals surface area contributed by atoms with E-state index in [0.29, 0.717) is 0 Å². The minimum absolute atomic E-state index is 0.195. The fourth-order valence-corrected chi connectivity index (χ4v) is 2.22. The Morgan fingerprint density at radius 1 is 1.39 bits per heavy atom. The van der Waals surface area contributed by atoms with E-state index in [-0.39, 0.29) is 12.0 Å². The van der Waals surface area contributed by atoms with Crippen molar-refractivity contribution in [3.63, 3.8) is 0 Å². The summed E-state index contributed by atoms with van der Waals surface area (Å²) >= 11 is 3.41. The van der Waals surface area contributed by atoms with Crippen LogP contribution in [0.5, 0.6) is 0 Å². The van der Waals surface area contributed by atoms with E-state index < -0.39 is 5.54 Å². The van der Waals surface area contributed by atoms with Gasteiger partial charge in [0.25, 0.3) is 0 Å². The molecule has 100 valence electrons. The summed E-state index contributed by atoms with van der Waals surface area (Å²) < 4.78 is 5.85. The maximum absolute atomic E-state index is 11.6. The molecule has 1 rings (SSSR count). The van der Waals surface area contributed by atoms with E-state index in [1.165, 1.54) is 12.7 Å². The van der Waals surface area contributed by atoms with Crippen LogP contribution >= 0.6 is 15.9 Å². The zero-order valence-electron chi connectivity index (χ0n) is 11.3. The number of carbonyl (C=O) groups excluding carboxylic acids is 1. The Balaban J connectivity index is 2.58. The van der Waals surface area contributed by atoms with Gasteiger partial charge in [-0.2, -0.15) is 0 Å². The molecule has 0 aromatic heterocycles. The first-order chi connectivity index (χ1) is 8.35. The van der Waals surface area contributed by atoms with Crippen molar-refractivity contribution in [2.24, 2.45) is 0 Å². The standard InChI is InChI=1S/C14H20BrNO2/c1-10(16-14(2,3)13(17)18-4)9-11-5-7-12(15)8-6-11/h5-8,10,16H,9H2,1-4H3. The van der Waals surface area contributed by atoms with E-state index in [1.807, 2.05) is 26.0 Å². The Bertz CT molecular complexity index is 401. The maximum atomic E-state index is 11.6. The number of nitrogens with one attached hydrogen (secondary N) is 1. The lowest BCUT2D eigenvalue weighted by molar-refractivity contribution is -0.147. The summed E-state index contributed by atoms with van der Waals surface area (Å²) in [5, 5.41) is 3.28. The largest absolute Gasteiger partial charge is 0.468 e. The highest BCUT2D eigenvalue weighted by molar-refractivity contribution is 9.10. The van der Waals surface area contributed by atoms with Gasteiger partial charge in [-0.25, -0.2) is 0 Å². The van der Waals surface area contributed by atoms with Gasteiger partial charge in [-0.05, 0) is 44.9 Å². The summed E-state index contributed by atoms with van der Waals surface area (Å²) in [5.74, 6) is -0.245. The number of methoxy groups -OCH3 is 1. The molecule has 0 fully saturated rings. The third kappa shape index (κ3) is 4.42. The second-order valence-corrected chi connectivity index (χ2v) is 5.91. The van der Waals surface area contributed by atoms with Crippen LogP contribution in [0.15, 0.2) is 28.7 Å². The molecule has 0 heterocycles. The lowest BCUT2D eigenvalue weighted by Crippen LogP contribution is -2.51. The summed E-state index contributed by atoms with van der Waals surface area (Å²) in [6.45, 7) is 5.72. The number of ether oxygens (including phenoxy) is 1. The Morgan fingerprint density at radius 3 is 2.44 bits per heavy atom. The van der Waals surface area contributed by atoms with Crippen molar-refractivity contribution in [3.8, 4) is 0 Å². The van der Waals surface area contributed by atoms with Gasteiger partial charge in [-0.15, -0.1) is 0 Å². The van der Waals surface area contributed by atoms with Crippen molar-refractivity contribution >= 4 is 21.9 Å². The van der Waals surface area contributed by atoms with Crippen molar-refractivity contribution in [2.75, 3.05) is 7.11 Å². The molecule has 0 aliphatic heterocycles. The number of benzene rings is 1. The van der Waals surface area contributed by atoms with E-state index in [4.69, 9.17) is 4.74 Å². The van der Waals surface area contributed by atoms with Crippen LogP contribution in [0.1, 0.15) is 26.3 Å². The molecule has 0 spiro atoms. The fraction of sp³-hybridized carbons (Fsp3) is 0.500. The molecule has 1 atom stereocenters. The maximum Gasteiger partial charge on any atom is 0.325 e. The molecule has 0 saturated carbocycles. The summed E-state index contributed by atoms with van der Waals surface area (Å²) in [6.07, 6.45) is 0.869. The second kappa shape index (κ2) is 6.34. The average molecular weight is 314 g/mol. The van der Waals surface area contributed by atoms with Crippen molar-refractivity contribution in [3.05, 3.63) is 34.3 Å². The molecule has 3 nitrogen and oxygen atoms in total. The Morgan fingerprint density at radius 2 is 1.94 bits per heavy atom. The normalized spacial score (nSPS) is 13.2. The van der Waals surface area contributed by atoms with Gasteiger partial charge in [-0.3, -0.25) is 10.1 Å². The number of carbonyl (C=O) groups is 1. The SMILES string of the molecule is COC(=O)C(C)(C)NC(C)Cc1ccc(Br)cc1. The molecule has 1 aromatic carbocycles. The Hall–Kier alpha value is -0.870. The van der Waals surface area contributed by atoms with Gasteiger partial charge in [0, 0.05) is 10.5 Å². The molecule has 1 aromatic rings. The van der Waals surface area contributed by atoms with Gasteiger partial charge in [0.1, 0.15) is 5.54 Å². The van der Waals surface area contributed by atoms with Crippen LogP contribution in [0.2, 0.25) is 0 Å². The fourth-order valence-electron chi connectivity index (χ4n) is 1.96. The number of rotatable bonds is 5. The van der Waals surface area contributed by atoms with Gasteiger partial charge in [0.05, 0.1) is 7.11 Å². The number of halogens is 1. The molecular weight excluding hydrogens is 294 g/mol. The third-order valence-corrected chi connectivity index (χ3v) is 3.29. The summed E-state index contributed by atoms with van der Waals surface area (Å²) in [7, 11) is 1.41. The molecule has 0 aliphatic carbocycles. The number of hydrogen-bond donors (Lipinski definition) is 1. The van der Waals surface area contributed by atoms with E-state index in [1.54, 1.807) is 0 Å². The smallest absolute Gasteiger partial charge is 0.325 e. The number of hydrogen-bond acceptors (Lipinski definition) is 3. The molecule has 4 heteroatoms. The topological polar surface area (TPSA) is 38.3 Å². The Kier molecular flexibility index (Phi) is 5.35. The molecule has 0 aliphatic rings. The van der Waals surface area contributed by atoms with Crippen molar-refractivity contribution in [1.82, 2.24) is 5.32 Å². The first-order valence-electron chi connectivity index (χ1n) is 5.95. The van der Waals surface area contributed by atoms with E-state index in [2.05, 4.69) is 40.3 Å². The summed E-state index contributed by atoms with van der Waals surface area (Å²) in [5.41, 5.74) is 0.572. The van der Waals surface area contributed by atoms with Crippen LogP contribution in [0.25, 0.3) is 0 Å². The number of esters is 1. The van der Waals surface area contributed by atoms with Crippen LogP contribution in [0, 0.1) is 0 Å². The predicted molar refractivity (Wildman–Crippen MR) is 76.5 cm³/mol. The lowest BCUT2D eigenvalue weighted by Gasteiger charge is -2.27. The van der Waals surface area contributed by atoms with Crippen LogP contribution in [0.4, 0.5) is 0 Å². The van der Waals surface area contributed by atoms with Gasteiger partial charge in [0.15, 0.2) is 0 Å². The predicted octanol–water partition coefficient (Wildman–Crippen LogP) is 2.92. The van der Waals surface area contributed by atoms with Crippen molar-refractivity contribution in [2.45, 2.75) is 38.8 Å². The van der Waals surface area contributed by atoms with Gasteiger partial charge < -0.3 is 4.74 Å². The quantitative estimate of drug-likeness (QED) is 0.849. The van der Waals surface area contributed by atoms with E-state index >= 15 is 0 Å². The molecule has 0 radical (unpaired) electrons. The van der Waals surface area contributed by atoms with Crippen molar-refractivity contribution < 1.29 is 9.53 Å². The molecule has 18 heavy (non-hydrogen) atoms. The molecule has 0 bridgehead atoms.